The maximum Gasteiger partial charge on any atom is 0.508 e. The third-order valence-electron chi connectivity index (χ3n) is 2.92. The molecule has 0 aliphatic carbocycles. The van der Waals surface area contributed by atoms with E-state index in [1.54, 1.807) is 0 Å². The Labute approximate surface area is 91.7 Å². The first-order valence-electron chi connectivity index (χ1n) is 5.79. The van der Waals surface area contributed by atoms with Gasteiger partial charge in [0, 0.05) is 12.8 Å². The monoisotopic (exact) mass is 216 g/mol. The molecule has 0 aromatic carbocycles. The highest BCUT2D eigenvalue weighted by Gasteiger charge is 2.26. The zero-order valence-corrected chi connectivity index (χ0v) is 9.83. The SMILES string of the molecule is CCCOC(=O)OCC[N+]1(C)CCCC1. The highest BCUT2D eigenvalue weighted by atomic mass is 16.7. The van der Waals surface area contributed by atoms with Crippen LogP contribution in [0.5, 0.6) is 0 Å². The molecule has 0 aromatic heterocycles. The van der Waals surface area contributed by atoms with Crippen LogP contribution in [0.15, 0.2) is 0 Å². The lowest BCUT2D eigenvalue weighted by molar-refractivity contribution is -0.897. The molecule has 88 valence electrons. The first-order chi connectivity index (χ1) is 7.16. The molecule has 0 unspecified atom stereocenters. The van der Waals surface area contributed by atoms with Gasteiger partial charge in [-0.15, -0.1) is 0 Å². The smallest absolute Gasteiger partial charge is 0.434 e. The fourth-order valence-electron chi connectivity index (χ4n) is 1.90. The van der Waals surface area contributed by atoms with Crippen LogP contribution in [0.25, 0.3) is 0 Å². The lowest BCUT2D eigenvalue weighted by Crippen LogP contribution is -2.43. The van der Waals surface area contributed by atoms with Gasteiger partial charge in [0.2, 0.25) is 0 Å². The molecule has 0 spiro atoms. The van der Waals surface area contributed by atoms with Crippen molar-refractivity contribution in [2.45, 2.75) is 26.2 Å². The van der Waals surface area contributed by atoms with Gasteiger partial charge < -0.3 is 14.0 Å². The lowest BCUT2D eigenvalue weighted by atomic mass is 10.4. The molecular formula is C11H22NO3+. The van der Waals surface area contributed by atoms with Gasteiger partial charge in [0.25, 0.3) is 0 Å². The largest absolute Gasteiger partial charge is 0.508 e. The molecule has 0 saturated carbocycles. The summed E-state index contributed by atoms with van der Waals surface area (Å²) in [4.78, 5) is 11.0. The number of carbonyl (C=O) groups excluding carboxylic acids is 1. The van der Waals surface area contributed by atoms with Crippen molar-refractivity contribution in [2.24, 2.45) is 0 Å². The van der Waals surface area contributed by atoms with Crippen molar-refractivity contribution in [3.05, 3.63) is 0 Å². The Morgan fingerprint density at radius 2 is 1.80 bits per heavy atom. The van der Waals surface area contributed by atoms with Crippen molar-refractivity contribution in [1.82, 2.24) is 0 Å². The molecule has 1 aliphatic rings. The number of likely N-dealkylation sites (N-methyl/N-ethyl adjacent to an activating group) is 1. The number of nitrogens with zero attached hydrogens (tertiary/aromatic N) is 1. The van der Waals surface area contributed by atoms with Gasteiger partial charge in [0.1, 0.15) is 13.2 Å². The van der Waals surface area contributed by atoms with Gasteiger partial charge in [0.05, 0.1) is 26.7 Å². The van der Waals surface area contributed by atoms with Crippen LogP contribution >= 0.6 is 0 Å². The number of hydrogen-bond acceptors (Lipinski definition) is 3. The second-order valence-corrected chi connectivity index (χ2v) is 4.44. The summed E-state index contributed by atoms with van der Waals surface area (Å²) in [5, 5.41) is 0. The molecule has 0 bridgehead atoms. The topological polar surface area (TPSA) is 35.5 Å². The average molecular weight is 216 g/mol. The van der Waals surface area contributed by atoms with E-state index in [0.717, 1.165) is 17.4 Å². The number of carbonyl (C=O) groups is 1. The van der Waals surface area contributed by atoms with Gasteiger partial charge in [-0.25, -0.2) is 4.79 Å². The first-order valence-corrected chi connectivity index (χ1v) is 5.79. The standard InChI is InChI=1S/C11H22NO3/c1-3-9-14-11(13)15-10-8-12(2)6-4-5-7-12/h3-10H2,1-2H3/q+1. The van der Waals surface area contributed by atoms with Gasteiger partial charge in [-0.3, -0.25) is 0 Å². The maximum absolute atomic E-state index is 11.0. The molecule has 0 radical (unpaired) electrons. The molecule has 0 atom stereocenters. The van der Waals surface area contributed by atoms with Crippen LogP contribution < -0.4 is 0 Å². The second kappa shape index (κ2) is 5.95. The van der Waals surface area contributed by atoms with Crippen molar-refractivity contribution in [1.29, 1.82) is 0 Å². The summed E-state index contributed by atoms with van der Waals surface area (Å²) in [6.45, 7) is 6.19. The summed E-state index contributed by atoms with van der Waals surface area (Å²) < 4.78 is 10.8. The third-order valence-corrected chi connectivity index (χ3v) is 2.92. The Hall–Kier alpha value is -0.770. The van der Waals surface area contributed by atoms with Crippen molar-refractivity contribution in [2.75, 3.05) is 39.9 Å². The van der Waals surface area contributed by atoms with Gasteiger partial charge in [-0.1, -0.05) is 6.92 Å². The summed E-state index contributed by atoms with van der Waals surface area (Å²) >= 11 is 0. The summed E-state index contributed by atoms with van der Waals surface area (Å²) in [5.74, 6) is 0. The minimum absolute atomic E-state index is 0.449. The number of ether oxygens (including phenoxy) is 2. The predicted molar refractivity (Wildman–Crippen MR) is 57.6 cm³/mol. The number of likely N-dealkylation sites (tertiary alicyclic amines) is 1. The molecule has 4 nitrogen and oxygen atoms in total. The molecule has 0 aromatic rings. The molecule has 0 N–H and O–H groups in total. The normalized spacial score (nSPS) is 18.8. The van der Waals surface area contributed by atoms with Gasteiger partial charge in [-0.05, 0) is 6.42 Å². The summed E-state index contributed by atoms with van der Waals surface area (Å²) in [6, 6.07) is 0. The minimum Gasteiger partial charge on any atom is -0.434 e. The van der Waals surface area contributed by atoms with Crippen molar-refractivity contribution in [3.8, 4) is 0 Å². The highest BCUT2D eigenvalue weighted by molar-refractivity contribution is 5.59. The van der Waals surface area contributed by atoms with Gasteiger partial charge in [-0.2, -0.15) is 0 Å². The van der Waals surface area contributed by atoms with E-state index in [-0.39, 0.29) is 0 Å². The number of rotatable bonds is 5. The van der Waals surface area contributed by atoms with E-state index < -0.39 is 6.16 Å². The fourth-order valence-corrected chi connectivity index (χ4v) is 1.90. The summed E-state index contributed by atoms with van der Waals surface area (Å²) in [6.07, 6.45) is 2.89. The van der Waals surface area contributed by atoms with E-state index in [2.05, 4.69) is 7.05 Å². The lowest BCUT2D eigenvalue weighted by Gasteiger charge is -2.28. The number of hydrogen-bond donors (Lipinski definition) is 0. The Kier molecular flexibility index (Phi) is 4.88. The quantitative estimate of drug-likeness (QED) is 0.519. The molecule has 1 aliphatic heterocycles. The highest BCUT2D eigenvalue weighted by Crippen LogP contribution is 2.15. The molecule has 1 saturated heterocycles. The fraction of sp³-hybridized carbons (Fsp3) is 0.909. The maximum atomic E-state index is 11.0. The van der Waals surface area contributed by atoms with Gasteiger partial charge >= 0.3 is 6.16 Å². The molecule has 4 heteroatoms. The zero-order chi connectivity index (χ0) is 11.1. The summed E-state index contributed by atoms with van der Waals surface area (Å²) in [7, 11) is 2.22. The Morgan fingerprint density at radius 3 is 2.40 bits per heavy atom. The summed E-state index contributed by atoms with van der Waals surface area (Å²) in [5.41, 5.74) is 0. The van der Waals surface area contributed by atoms with E-state index in [4.69, 9.17) is 9.47 Å². The second-order valence-electron chi connectivity index (χ2n) is 4.44. The molecule has 1 heterocycles. The Morgan fingerprint density at radius 1 is 1.20 bits per heavy atom. The van der Waals surface area contributed by atoms with E-state index >= 15 is 0 Å². The Bertz CT molecular complexity index is 200. The third kappa shape index (κ3) is 4.51. The van der Waals surface area contributed by atoms with E-state index in [9.17, 15) is 4.79 Å². The van der Waals surface area contributed by atoms with E-state index in [1.807, 2.05) is 6.92 Å². The van der Waals surface area contributed by atoms with Crippen molar-refractivity contribution in [3.63, 3.8) is 0 Å². The van der Waals surface area contributed by atoms with Crippen molar-refractivity contribution < 1.29 is 18.8 Å². The zero-order valence-electron chi connectivity index (χ0n) is 9.83. The minimum atomic E-state index is -0.525. The van der Waals surface area contributed by atoms with E-state index in [1.165, 1.54) is 25.9 Å². The van der Waals surface area contributed by atoms with Crippen LogP contribution in [-0.2, 0) is 9.47 Å². The molecule has 1 fully saturated rings. The predicted octanol–water partition coefficient (Wildman–Crippen LogP) is 1.79. The average Bonchev–Trinajstić information content (AvgIpc) is 2.62. The molecule has 0 amide bonds. The van der Waals surface area contributed by atoms with Crippen LogP contribution in [-0.4, -0.2) is 50.5 Å². The van der Waals surface area contributed by atoms with Crippen LogP contribution in [0.2, 0.25) is 0 Å². The number of quaternary nitrogens is 1. The van der Waals surface area contributed by atoms with Crippen LogP contribution in [0.1, 0.15) is 26.2 Å². The van der Waals surface area contributed by atoms with Crippen molar-refractivity contribution >= 4 is 6.16 Å². The van der Waals surface area contributed by atoms with Crippen LogP contribution in [0.3, 0.4) is 0 Å². The molecule has 15 heavy (non-hydrogen) atoms. The van der Waals surface area contributed by atoms with Crippen LogP contribution in [0, 0.1) is 0 Å². The van der Waals surface area contributed by atoms with E-state index in [0.29, 0.717) is 13.2 Å². The van der Waals surface area contributed by atoms with Gasteiger partial charge in [0.15, 0.2) is 0 Å². The first kappa shape index (κ1) is 12.3. The van der Waals surface area contributed by atoms with Crippen LogP contribution in [0.4, 0.5) is 4.79 Å². The Balaban J connectivity index is 2.07. The molecular weight excluding hydrogens is 194 g/mol. The molecule has 1 rings (SSSR count).